The van der Waals surface area contributed by atoms with Gasteiger partial charge in [-0.25, -0.2) is 0 Å². The number of carbonyl (C=O) groups excluding carboxylic acids is 1. The van der Waals surface area contributed by atoms with Crippen LogP contribution in [0.2, 0.25) is 0 Å². The van der Waals surface area contributed by atoms with Crippen LogP contribution in [0.25, 0.3) is 0 Å². The Morgan fingerprint density at radius 3 is 2.37 bits per heavy atom. The topological polar surface area (TPSA) is 49.6 Å². The van der Waals surface area contributed by atoms with Gasteiger partial charge in [-0.15, -0.1) is 0 Å². The normalized spacial score (nSPS) is 12.5. The molecule has 1 atom stereocenters. The minimum Gasteiger partial charge on any atom is -0.348 e. The van der Waals surface area contributed by atoms with Gasteiger partial charge in [0, 0.05) is 20.1 Å². The first-order chi connectivity index (χ1) is 9.10. The molecule has 0 bridgehead atoms. The molecule has 1 aromatic rings. The quantitative estimate of drug-likeness (QED) is 0.811. The van der Waals surface area contributed by atoms with E-state index >= 15 is 0 Å². The number of nitrogens with two attached hydrogens (primary N) is 1. The lowest BCUT2D eigenvalue weighted by Crippen LogP contribution is -2.39. The zero-order valence-corrected chi connectivity index (χ0v) is 12.2. The molecule has 2 N–H and O–H groups in total. The van der Waals surface area contributed by atoms with Gasteiger partial charge in [-0.05, 0) is 25.1 Å². The third-order valence-corrected chi connectivity index (χ3v) is 3.31. The van der Waals surface area contributed by atoms with E-state index in [9.17, 15) is 4.79 Å². The van der Waals surface area contributed by atoms with Crippen LogP contribution in [0.4, 0.5) is 0 Å². The predicted octanol–water partition coefficient (Wildman–Crippen LogP) is 1.49. The summed E-state index contributed by atoms with van der Waals surface area (Å²) in [6.45, 7) is 3.96. The first-order valence-corrected chi connectivity index (χ1v) is 6.79. The summed E-state index contributed by atoms with van der Waals surface area (Å²) in [5, 5.41) is 0. The van der Waals surface area contributed by atoms with Gasteiger partial charge >= 0.3 is 0 Å². The molecule has 1 rings (SSSR count). The second kappa shape index (κ2) is 7.92. The predicted molar refractivity (Wildman–Crippen MR) is 78.8 cm³/mol. The molecule has 4 nitrogen and oxygen atoms in total. The third kappa shape index (κ3) is 4.65. The van der Waals surface area contributed by atoms with Crippen molar-refractivity contribution in [3.05, 3.63) is 35.9 Å². The van der Waals surface area contributed by atoms with E-state index in [1.54, 1.807) is 19.0 Å². The van der Waals surface area contributed by atoms with Crippen LogP contribution in [0.5, 0.6) is 0 Å². The van der Waals surface area contributed by atoms with Crippen LogP contribution >= 0.6 is 0 Å². The van der Waals surface area contributed by atoms with Gasteiger partial charge < -0.3 is 10.6 Å². The number of likely N-dealkylation sites (N-methyl/N-ethyl adjacent to an activating group) is 2. The van der Waals surface area contributed by atoms with Gasteiger partial charge in [-0.2, -0.15) is 0 Å². The summed E-state index contributed by atoms with van der Waals surface area (Å²) in [6.07, 6.45) is 0.860. The van der Waals surface area contributed by atoms with Crippen molar-refractivity contribution in [3.63, 3.8) is 0 Å². The maximum Gasteiger partial charge on any atom is 0.236 e. The summed E-state index contributed by atoms with van der Waals surface area (Å²) in [6, 6.07) is 10.5. The van der Waals surface area contributed by atoms with E-state index in [1.807, 2.05) is 18.2 Å². The summed E-state index contributed by atoms with van der Waals surface area (Å²) in [7, 11) is 3.58. The molecule has 0 radical (unpaired) electrons. The van der Waals surface area contributed by atoms with Crippen LogP contribution < -0.4 is 5.73 Å². The second-order valence-corrected chi connectivity index (χ2v) is 4.86. The van der Waals surface area contributed by atoms with Crippen molar-refractivity contribution in [1.82, 2.24) is 9.80 Å². The Kier molecular flexibility index (Phi) is 6.53. The van der Waals surface area contributed by atoms with Crippen molar-refractivity contribution in [1.29, 1.82) is 0 Å². The number of hydrogen-bond donors (Lipinski definition) is 1. The zero-order chi connectivity index (χ0) is 14.3. The van der Waals surface area contributed by atoms with Gasteiger partial charge in [0.2, 0.25) is 5.91 Å². The molecular weight excluding hydrogens is 238 g/mol. The summed E-state index contributed by atoms with van der Waals surface area (Å²) >= 11 is 0. The molecule has 0 spiro atoms. The Balaban J connectivity index is 2.86. The van der Waals surface area contributed by atoms with Crippen molar-refractivity contribution < 1.29 is 4.79 Å². The lowest BCUT2D eigenvalue weighted by atomic mass is 10.0. The fourth-order valence-corrected chi connectivity index (χ4v) is 2.15. The molecule has 0 fully saturated rings. The van der Waals surface area contributed by atoms with Crippen molar-refractivity contribution in [2.75, 3.05) is 33.7 Å². The standard InChI is InChI=1S/C15H25N3O/c1-4-18(12-15(19)17(2)3)14(10-11-16)13-8-6-5-7-9-13/h5-9,14H,4,10-12,16H2,1-3H3. The highest BCUT2D eigenvalue weighted by Crippen LogP contribution is 2.23. The number of hydrogen-bond acceptors (Lipinski definition) is 3. The smallest absolute Gasteiger partial charge is 0.236 e. The average molecular weight is 263 g/mol. The Labute approximate surface area is 116 Å². The molecule has 1 aromatic carbocycles. The van der Waals surface area contributed by atoms with Gasteiger partial charge in [0.15, 0.2) is 0 Å². The molecule has 19 heavy (non-hydrogen) atoms. The lowest BCUT2D eigenvalue weighted by molar-refractivity contribution is -0.130. The van der Waals surface area contributed by atoms with E-state index in [2.05, 4.69) is 24.0 Å². The van der Waals surface area contributed by atoms with E-state index in [4.69, 9.17) is 5.73 Å². The van der Waals surface area contributed by atoms with Gasteiger partial charge in [0.05, 0.1) is 6.54 Å². The highest BCUT2D eigenvalue weighted by Gasteiger charge is 2.21. The Morgan fingerprint density at radius 1 is 1.26 bits per heavy atom. The van der Waals surface area contributed by atoms with Gasteiger partial charge in [0.1, 0.15) is 0 Å². The minimum atomic E-state index is 0.125. The Morgan fingerprint density at radius 2 is 1.89 bits per heavy atom. The van der Waals surface area contributed by atoms with E-state index in [0.717, 1.165) is 13.0 Å². The third-order valence-electron chi connectivity index (χ3n) is 3.31. The van der Waals surface area contributed by atoms with Crippen molar-refractivity contribution in [3.8, 4) is 0 Å². The van der Waals surface area contributed by atoms with Crippen LogP contribution in [0.3, 0.4) is 0 Å². The van der Waals surface area contributed by atoms with Gasteiger partial charge in [-0.1, -0.05) is 37.3 Å². The highest BCUT2D eigenvalue weighted by atomic mass is 16.2. The second-order valence-electron chi connectivity index (χ2n) is 4.86. The largest absolute Gasteiger partial charge is 0.348 e. The van der Waals surface area contributed by atoms with Crippen LogP contribution in [-0.4, -0.2) is 49.4 Å². The van der Waals surface area contributed by atoms with Crippen LogP contribution in [0.1, 0.15) is 24.9 Å². The summed E-state index contributed by atoms with van der Waals surface area (Å²) in [4.78, 5) is 15.7. The molecule has 0 aromatic heterocycles. The molecular formula is C15H25N3O. The lowest BCUT2D eigenvalue weighted by Gasteiger charge is -2.31. The van der Waals surface area contributed by atoms with E-state index in [0.29, 0.717) is 13.1 Å². The maximum atomic E-state index is 11.9. The van der Waals surface area contributed by atoms with Crippen molar-refractivity contribution in [2.24, 2.45) is 5.73 Å². The Bertz CT molecular complexity index is 378. The highest BCUT2D eigenvalue weighted by molar-refractivity contribution is 5.77. The fraction of sp³-hybridized carbons (Fsp3) is 0.533. The minimum absolute atomic E-state index is 0.125. The van der Waals surface area contributed by atoms with Gasteiger partial charge in [-0.3, -0.25) is 9.69 Å². The Hall–Kier alpha value is -1.39. The maximum absolute atomic E-state index is 11.9. The molecule has 0 aliphatic carbocycles. The molecule has 0 aliphatic rings. The first-order valence-electron chi connectivity index (χ1n) is 6.79. The summed E-state index contributed by atoms with van der Waals surface area (Å²) < 4.78 is 0. The molecule has 0 heterocycles. The number of carbonyl (C=O) groups is 1. The molecule has 0 saturated heterocycles. The van der Waals surface area contributed by atoms with E-state index in [1.165, 1.54) is 5.56 Å². The number of benzene rings is 1. The van der Waals surface area contributed by atoms with E-state index < -0.39 is 0 Å². The SMILES string of the molecule is CCN(CC(=O)N(C)C)C(CCN)c1ccccc1. The fourth-order valence-electron chi connectivity index (χ4n) is 2.15. The monoisotopic (exact) mass is 263 g/mol. The number of amides is 1. The zero-order valence-electron chi connectivity index (χ0n) is 12.2. The van der Waals surface area contributed by atoms with Crippen molar-refractivity contribution in [2.45, 2.75) is 19.4 Å². The molecule has 0 saturated carbocycles. The number of nitrogens with zero attached hydrogens (tertiary/aromatic N) is 2. The van der Waals surface area contributed by atoms with Crippen LogP contribution in [-0.2, 0) is 4.79 Å². The van der Waals surface area contributed by atoms with Crippen LogP contribution in [0.15, 0.2) is 30.3 Å². The summed E-state index contributed by atoms with van der Waals surface area (Å²) in [5.74, 6) is 0.125. The first kappa shape index (κ1) is 15.7. The molecule has 4 heteroatoms. The average Bonchev–Trinajstić information content (AvgIpc) is 2.43. The molecule has 106 valence electrons. The van der Waals surface area contributed by atoms with Crippen LogP contribution in [0, 0.1) is 0 Å². The molecule has 0 aliphatic heterocycles. The number of rotatable bonds is 7. The van der Waals surface area contributed by atoms with E-state index in [-0.39, 0.29) is 11.9 Å². The molecule has 1 amide bonds. The van der Waals surface area contributed by atoms with Gasteiger partial charge in [0.25, 0.3) is 0 Å². The summed E-state index contributed by atoms with van der Waals surface area (Å²) in [5.41, 5.74) is 6.95. The molecule has 1 unspecified atom stereocenters. The van der Waals surface area contributed by atoms with Crippen molar-refractivity contribution >= 4 is 5.91 Å².